The smallest absolute Gasteiger partial charge is 0.307 e. The molecule has 1 aromatic heterocycles. The number of rotatable bonds is 4. The standard InChI is InChI=1S/C12H18N2O2S/c1-9-13-7-5-10(14-9)17-8-6-11(15)16-12(2,3)4/h5,7H,6,8H2,1-4H3. The molecule has 0 amide bonds. The van der Waals surface area contributed by atoms with Gasteiger partial charge in [-0.25, -0.2) is 9.97 Å². The second-order valence-electron chi connectivity index (χ2n) is 4.63. The number of aromatic nitrogens is 2. The summed E-state index contributed by atoms with van der Waals surface area (Å²) in [5.41, 5.74) is -0.409. The summed E-state index contributed by atoms with van der Waals surface area (Å²) < 4.78 is 5.21. The third-order valence-corrected chi connectivity index (χ3v) is 2.66. The first-order valence-corrected chi connectivity index (χ1v) is 6.50. The van der Waals surface area contributed by atoms with E-state index in [1.165, 1.54) is 11.8 Å². The van der Waals surface area contributed by atoms with Crippen LogP contribution in [0.5, 0.6) is 0 Å². The number of carbonyl (C=O) groups excluding carboxylic acids is 1. The Bertz CT molecular complexity index is 388. The topological polar surface area (TPSA) is 52.1 Å². The monoisotopic (exact) mass is 254 g/mol. The van der Waals surface area contributed by atoms with Gasteiger partial charge in [0.05, 0.1) is 11.4 Å². The summed E-state index contributed by atoms with van der Waals surface area (Å²) in [4.78, 5) is 19.7. The summed E-state index contributed by atoms with van der Waals surface area (Å²) in [6.45, 7) is 7.45. The van der Waals surface area contributed by atoms with Gasteiger partial charge in [-0.2, -0.15) is 0 Å². The van der Waals surface area contributed by atoms with Crippen LogP contribution in [-0.4, -0.2) is 27.3 Å². The molecule has 1 rings (SSSR count). The van der Waals surface area contributed by atoms with Crippen molar-refractivity contribution in [3.05, 3.63) is 18.1 Å². The molecule has 1 heterocycles. The molecular formula is C12H18N2O2S. The summed E-state index contributed by atoms with van der Waals surface area (Å²) in [5.74, 6) is 1.24. The van der Waals surface area contributed by atoms with Crippen LogP contribution < -0.4 is 0 Å². The Labute approximate surface area is 106 Å². The maximum Gasteiger partial charge on any atom is 0.307 e. The fraction of sp³-hybridized carbons (Fsp3) is 0.583. The van der Waals surface area contributed by atoms with Crippen molar-refractivity contribution in [2.24, 2.45) is 0 Å². The predicted octanol–water partition coefficient (Wildman–Crippen LogP) is 2.61. The molecule has 5 heteroatoms. The molecule has 0 saturated heterocycles. The van der Waals surface area contributed by atoms with Gasteiger partial charge in [0, 0.05) is 11.9 Å². The molecule has 0 aliphatic rings. The molecule has 0 radical (unpaired) electrons. The third kappa shape index (κ3) is 6.26. The number of aryl methyl sites for hydroxylation is 1. The SMILES string of the molecule is Cc1nccc(SCCC(=O)OC(C)(C)C)n1. The highest BCUT2D eigenvalue weighted by Crippen LogP contribution is 2.16. The first-order valence-electron chi connectivity index (χ1n) is 5.51. The Morgan fingerprint density at radius 3 is 2.76 bits per heavy atom. The van der Waals surface area contributed by atoms with Crippen LogP contribution in [0.3, 0.4) is 0 Å². The van der Waals surface area contributed by atoms with Crippen molar-refractivity contribution in [1.29, 1.82) is 0 Å². The number of hydrogen-bond donors (Lipinski definition) is 0. The first kappa shape index (κ1) is 14.0. The van der Waals surface area contributed by atoms with Crippen molar-refractivity contribution in [3.63, 3.8) is 0 Å². The molecule has 1 aromatic rings. The lowest BCUT2D eigenvalue weighted by atomic mass is 10.2. The largest absolute Gasteiger partial charge is 0.460 e. The van der Waals surface area contributed by atoms with Crippen LogP contribution in [0, 0.1) is 6.92 Å². The molecule has 0 spiro atoms. The number of esters is 1. The summed E-state index contributed by atoms with van der Waals surface area (Å²) in [7, 11) is 0. The van der Waals surface area contributed by atoms with E-state index < -0.39 is 5.60 Å². The maximum atomic E-state index is 11.4. The Balaban J connectivity index is 2.31. The molecule has 94 valence electrons. The lowest BCUT2D eigenvalue weighted by Crippen LogP contribution is -2.24. The van der Waals surface area contributed by atoms with Crippen LogP contribution in [-0.2, 0) is 9.53 Å². The van der Waals surface area contributed by atoms with Crippen molar-refractivity contribution in [1.82, 2.24) is 9.97 Å². The molecule has 0 saturated carbocycles. The summed E-state index contributed by atoms with van der Waals surface area (Å²) in [6.07, 6.45) is 2.11. The number of carbonyl (C=O) groups is 1. The number of thioether (sulfide) groups is 1. The average molecular weight is 254 g/mol. The van der Waals surface area contributed by atoms with Crippen LogP contribution in [0.2, 0.25) is 0 Å². The van der Waals surface area contributed by atoms with Crippen LogP contribution >= 0.6 is 11.8 Å². The van der Waals surface area contributed by atoms with Crippen LogP contribution in [0.25, 0.3) is 0 Å². The van der Waals surface area contributed by atoms with E-state index in [-0.39, 0.29) is 5.97 Å². The lowest BCUT2D eigenvalue weighted by Gasteiger charge is -2.19. The highest BCUT2D eigenvalue weighted by Gasteiger charge is 2.15. The minimum absolute atomic E-state index is 0.171. The number of ether oxygens (including phenoxy) is 1. The third-order valence-electron chi connectivity index (χ3n) is 1.73. The Morgan fingerprint density at radius 1 is 1.47 bits per heavy atom. The summed E-state index contributed by atoms with van der Waals surface area (Å²) in [5, 5.41) is 0.890. The minimum Gasteiger partial charge on any atom is -0.460 e. The van der Waals surface area contributed by atoms with E-state index in [2.05, 4.69) is 9.97 Å². The Morgan fingerprint density at radius 2 is 2.18 bits per heavy atom. The van der Waals surface area contributed by atoms with Crippen LogP contribution in [0.4, 0.5) is 0 Å². The molecule has 0 aliphatic heterocycles. The fourth-order valence-electron chi connectivity index (χ4n) is 1.15. The van der Waals surface area contributed by atoms with E-state index >= 15 is 0 Å². The lowest BCUT2D eigenvalue weighted by molar-refractivity contribution is -0.154. The molecule has 0 N–H and O–H groups in total. The van der Waals surface area contributed by atoms with Crippen LogP contribution in [0.1, 0.15) is 33.0 Å². The van der Waals surface area contributed by atoms with Gasteiger partial charge in [0.25, 0.3) is 0 Å². The van der Waals surface area contributed by atoms with Gasteiger partial charge >= 0.3 is 5.97 Å². The molecule has 17 heavy (non-hydrogen) atoms. The van der Waals surface area contributed by atoms with E-state index in [4.69, 9.17) is 4.74 Å². The molecule has 0 bridgehead atoms. The minimum atomic E-state index is -0.409. The van der Waals surface area contributed by atoms with E-state index in [9.17, 15) is 4.79 Å². The van der Waals surface area contributed by atoms with Crippen molar-refractivity contribution in [2.75, 3.05) is 5.75 Å². The zero-order valence-electron chi connectivity index (χ0n) is 10.7. The van der Waals surface area contributed by atoms with Gasteiger partial charge in [-0.05, 0) is 33.8 Å². The second-order valence-corrected chi connectivity index (χ2v) is 5.74. The van der Waals surface area contributed by atoms with E-state index in [1.54, 1.807) is 6.20 Å². The summed E-state index contributed by atoms with van der Waals surface area (Å²) in [6, 6.07) is 1.84. The van der Waals surface area contributed by atoms with Crippen LogP contribution in [0.15, 0.2) is 17.3 Å². The van der Waals surface area contributed by atoms with Gasteiger partial charge < -0.3 is 4.74 Å². The fourth-order valence-corrected chi connectivity index (χ4v) is 1.98. The highest BCUT2D eigenvalue weighted by molar-refractivity contribution is 7.99. The number of nitrogens with zero attached hydrogens (tertiary/aromatic N) is 2. The van der Waals surface area contributed by atoms with Gasteiger partial charge in [0.2, 0.25) is 0 Å². The van der Waals surface area contributed by atoms with Gasteiger partial charge in [-0.1, -0.05) is 0 Å². The zero-order chi connectivity index (χ0) is 12.9. The van der Waals surface area contributed by atoms with Crippen molar-refractivity contribution in [3.8, 4) is 0 Å². The van der Waals surface area contributed by atoms with E-state index in [0.29, 0.717) is 12.2 Å². The molecule has 0 aromatic carbocycles. The van der Waals surface area contributed by atoms with Gasteiger partial charge in [0.1, 0.15) is 11.4 Å². The quantitative estimate of drug-likeness (QED) is 0.469. The molecule has 0 fully saturated rings. The average Bonchev–Trinajstić information content (AvgIpc) is 2.14. The molecule has 4 nitrogen and oxygen atoms in total. The molecule has 0 atom stereocenters. The maximum absolute atomic E-state index is 11.4. The molecular weight excluding hydrogens is 236 g/mol. The molecule has 0 unspecified atom stereocenters. The Hall–Kier alpha value is -1.10. The van der Waals surface area contributed by atoms with Gasteiger partial charge in [-0.15, -0.1) is 11.8 Å². The van der Waals surface area contributed by atoms with Crippen molar-refractivity contribution in [2.45, 2.75) is 44.7 Å². The van der Waals surface area contributed by atoms with Crippen molar-refractivity contribution < 1.29 is 9.53 Å². The highest BCUT2D eigenvalue weighted by atomic mass is 32.2. The van der Waals surface area contributed by atoms with Gasteiger partial charge in [-0.3, -0.25) is 4.79 Å². The predicted molar refractivity (Wildman–Crippen MR) is 68.0 cm³/mol. The van der Waals surface area contributed by atoms with E-state index in [0.717, 1.165) is 10.9 Å². The number of hydrogen-bond acceptors (Lipinski definition) is 5. The first-order chi connectivity index (χ1) is 7.87. The zero-order valence-corrected chi connectivity index (χ0v) is 11.5. The normalized spacial score (nSPS) is 11.3. The van der Waals surface area contributed by atoms with Crippen molar-refractivity contribution >= 4 is 17.7 Å². The Kier molecular flexibility index (Phi) is 4.93. The molecule has 0 aliphatic carbocycles. The van der Waals surface area contributed by atoms with E-state index in [1.807, 2.05) is 33.8 Å². The van der Waals surface area contributed by atoms with Gasteiger partial charge in [0.15, 0.2) is 0 Å². The summed E-state index contributed by atoms with van der Waals surface area (Å²) >= 11 is 1.54. The second kappa shape index (κ2) is 6.00.